The van der Waals surface area contributed by atoms with Gasteiger partial charge in [0.1, 0.15) is 17.4 Å². The molecule has 2 fully saturated rings. The van der Waals surface area contributed by atoms with E-state index in [1.807, 2.05) is 12.1 Å². The molecular formula is C26H26F2N2O4. The van der Waals surface area contributed by atoms with Crippen LogP contribution in [-0.4, -0.2) is 54.6 Å². The first kappa shape index (κ1) is 22.6. The van der Waals surface area contributed by atoms with Gasteiger partial charge in [0.25, 0.3) is 5.91 Å². The molecule has 2 aromatic carbocycles. The standard InChI is InChI=1S/C26H26F2N2O4/c1-17-21(25(31)29-11-9-26(10-12-29)33-13-14-34-26)16-24(18-3-6-20(32-2)7-4-18)30(17)23-8-5-19(27)15-22(23)28/h3-8,15-16H,9-14H2,1-2H3. The van der Waals surface area contributed by atoms with Crippen LogP contribution in [-0.2, 0) is 9.47 Å². The average molecular weight is 469 g/mol. The monoisotopic (exact) mass is 468 g/mol. The zero-order chi connectivity index (χ0) is 23.9. The molecule has 3 heterocycles. The second-order valence-electron chi connectivity index (χ2n) is 8.59. The molecule has 0 atom stereocenters. The molecule has 0 saturated carbocycles. The van der Waals surface area contributed by atoms with Crippen molar-refractivity contribution < 1.29 is 27.8 Å². The van der Waals surface area contributed by atoms with Crippen molar-refractivity contribution in [3.05, 3.63) is 71.4 Å². The third kappa shape index (κ3) is 3.97. The number of rotatable bonds is 4. The van der Waals surface area contributed by atoms with Crippen LogP contribution in [0.3, 0.4) is 0 Å². The Morgan fingerprint density at radius 3 is 2.29 bits per heavy atom. The Morgan fingerprint density at radius 1 is 1.00 bits per heavy atom. The summed E-state index contributed by atoms with van der Waals surface area (Å²) in [4.78, 5) is 15.3. The van der Waals surface area contributed by atoms with Crippen LogP contribution >= 0.6 is 0 Å². The van der Waals surface area contributed by atoms with Crippen molar-refractivity contribution in [2.24, 2.45) is 0 Å². The predicted octanol–water partition coefficient (Wildman–Crippen LogP) is 4.72. The minimum absolute atomic E-state index is 0.138. The number of likely N-dealkylation sites (tertiary alicyclic amines) is 1. The number of benzene rings is 2. The molecule has 0 N–H and O–H groups in total. The first-order chi connectivity index (χ1) is 16.4. The van der Waals surface area contributed by atoms with Gasteiger partial charge in [0.05, 0.1) is 37.3 Å². The molecule has 3 aromatic rings. The fourth-order valence-corrected chi connectivity index (χ4v) is 4.78. The fraction of sp³-hybridized carbons (Fsp3) is 0.346. The number of methoxy groups -OCH3 is 1. The van der Waals surface area contributed by atoms with Crippen LogP contribution in [0.5, 0.6) is 5.75 Å². The number of ether oxygens (including phenoxy) is 3. The Hall–Kier alpha value is -3.23. The van der Waals surface area contributed by atoms with E-state index < -0.39 is 17.4 Å². The summed E-state index contributed by atoms with van der Waals surface area (Å²) >= 11 is 0. The SMILES string of the molecule is COc1ccc(-c2cc(C(=O)N3CCC4(CC3)OCCO4)c(C)n2-c2ccc(F)cc2F)cc1. The van der Waals surface area contributed by atoms with Gasteiger partial charge in [0, 0.05) is 37.7 Å². The molecule has 2 saturated heterocycles. The van der Waals surface area contributed by atoms with Gasteiger partial charge in [-0.25, -0.2) is 8.78 Å². The molecule has 6 nitrogen and oxygen atoms in total. The fourth-order valence-electron chi connectivity index (χ4n) is 4.78. The summed E-state index contributed by atoms with van der Waals surface area (Å²) in [7, 11) is 1.58. The van der Waals surface area contributed by atoms with E-state index in [4.69, 9.17) is 14.2 Å². The predicted molar refractivity (Wildman–Crippen MR) is 122 cm³/mol. The lowest BCUT2D eigenvalue weighted by molar-refractivity contribution is -0.181. The van der Waals surface area contributed by atoms with Gasteiger partial charge >= 0.3 is 0 Å². The van der Waals surface area contributed by atoms with Crippen LogP contribution in [0.25, 0.3) is 16.9 Å². The summed E-state index contributed by atoms with van der Waals surface area (Å²) in [5.74, 6) is -1.40. The number of hydrogen-bond acceptors (Lipinski definition) is 4. The van der Waals surface area contributed by atoms with Crippen molar-refractivity contribution in [1.82, 2.24) is 9.47 Å². The molecule has 0 radical (unpaired) electrons. The highest BCUT2D eigenvalue weighted by atomic mass is 19.1. The summed E-state index contributed by atoms with van der Waals surface area (Å²) in [6.45, 7) is 3.94. The van der Waals surface area contributed by atoms with Gasteiger partial charge < -0.3 is 23.7 Å². The van der Waals surface area contributed by atoms with E-state index in [2.05, 4.69) is 0 Å². The number of amides is 1. The lowest BCUT2D eigenvalue weighted by atomic mass is 10.0. The zero-order valence-electron chi connectivity index (χ0n) is 19.1. The van der Waals surface area contributed by atoms with E-state index in [1.54, 1.807) is 41.7 Å². The first-order valence-corrected chi connectivity index (χ1v) is 11.3. The van der Waals surface area contributed by atoms with Crippen molar-refractivity contribution in [3.63, 3.8) is 0 Å². The maximum Gasteiger partial charge on any atom is 0.255 e. The van der Waals surface area contributed by atoms with Crippen molar-refractivity contribution in [2.45, 2.75) is 25.6 Å². The van der Waals surface area contributed by atoms with E-state index >= 15 is 0 Å². The van der Waals surface area contributed by atoms with Crippen molar-refractivity contribution in [3.8, 4) is 22.7 Å². The Bertz CT molecular complexity index is 1210. The lowest BCUT2D eigenvalue weighted by Crippen LogP contribution is -2.47. The number of hydrogen-bond donors (Lipinski definition) is 0. The summed E-state index contributed by atoms with van der Waals surface area (Å²) in [6.07, 6.45) is 1.22. The number of aromatic nitrogens is 1. The second kappa shape index (κ2) is 8.85. The molecule has 178 valence electrons. The first-order valence-electron chi connectivity index (χ1n) is 11.3. The van der Waals surface area contributed by atoms with E-state index in [-0.39, 0.29) is 11.6 Å². The lowest BCUT2D eigenvalue weighted by Gasteiger charge is -2.37. The van der Waals surface area contributed by atoms with Gasteiger partial charge in [-0.3, -0.25) is 4.79 Å². The third-order valence-electron chi connectivity index (χ3n) is 6.64. The quantitative estimate of drug-likeness (QED) is 0.556. The van der Waals surface area contributed by atoms with Gasteiger partial charge in [0.15, 0.2) is 5.79 Å². The van der Waals surface area contributed by atoms with Gasteiger partial charge in [0.2, 0.25) is 0 Å². The normalized spacial score (nSPS) is 17.4. The molecule has 0 aliphatic carbocycles. The van der Waals surface area contributed by atoms with Crippen LogP contribution in [0.15, 0.2) is 48.5 Å². The van der Waals surface area contributed by atoms with Crippen LogP contribution in [0.1, 0.15) is 28.9 Å². The minimum atomic E-state index is -0.706. The molecule has 1 amide bonds. The second-order valence-corrected chi connectivity index (χ2v) is 8.59. The molecule has 2 aliphatic heterocycles. The van der Waals surface area contributed by atoms with E-state index in [0.717, 1.165) is 11.6 Å². The molecule has 1 aromatic heterocycles. The summed E-state index contributed by atoms with van der Waals surface area (Å²) < 4.78 is 46.9. The molecule has 5 rings (SSSR count). The van der Waals surface area contributed by atoms with Crippen molar-refractivity contribution in [1.29, 1.82) is 0 Å². The zero-order valence-corrected chi connectivity index (χ0v) is 19.1. The smallest absolute Gasteiger partial charge is 0.255 e. The molecule has 2 aliphatic rings. The maximum absolute atomic E-state index is 14.9. The maximum atomic E-state index is 14.9. The molecule has 34 heavy (non-hydrogen) atoms. The van der Waals surface area contributed by atoms with Gasteiger partial charge in [-0.15, -0.1) is 0 Å². The van der Waals surface area contributed by atoms with Crippen molar-refractivity contribution in [2.75, 3.05) is 33.4 Å². The molecule has 8 heteroatoms. The van der Waals surface area contributed by atoms with E-state index in [1.165, 1.54) is 12.1 Å². The number of carbonyl (C=O) groups excluding carboxylic acids is 1. The summed E-state index contributed by atoms with van der Waals surface area (Å²) in [6, 6.07) is 12.5. The Labute approximate surface area is 196 Å². The van der Waals surface area contributed by atoms with Gasteiger partial charge in [-0.2, -0.15) is 0 Å². The summed E-state index contributed by atoms with van der Waals surface area (Å²) in [5.41, 5.74) is 2.63. The topological polar surface area (TPSA) is 52.9 Å². The highest BCUT2D eigenvalue weighted by Crippen LogP contribution is 2.35. The highest BCUT2D eigenvalue weighted by Gasteiger charge is 2.41. The minimum Gasteiger partial charge on any atom is -0.497 e. The molecule has 0 bridgehead atoms. The number of halogens is 2. The average Bonchev–Trinajstić information content (AvgIpc) is 3.44. The summed E-state index contributed by atoms with van der Waals surface area (Å²) in [5, 5.41) is 0. The van der Waals surface area contributed by atoms with Crippen LogP contribution in [0.4, 0.5) is 8.78 Å². The van der Waals surface area contributed by atoms with E-state index in [0.29, 0.717) is 61.8 Å². The van der Waals surface area contributed by atoms with Crippen LogP contribution in [0, 0.1) is 18.6 Å². The number of carbonyl (C=O) groups is 1. The Balaban J connectivity index is 1.54. The largest absolute Gasteiger partial charge is 0.497 e. The van der Waals surface area contributed by atoms with E-state index in [9.17, 15) is 13.6 Å². The molecular weight excluding hydrogens is 442 g/mol. The number of nitrogens with zero attached hydrogens (tertiary/aromatic N) is 2. The Morgan fingerprint density at radius 2 is 1.68 bits per heavy atom. The molecule has 1 spiro atoms. The highest BCUT2D eigenvalue weighted by molar-refractivity contribution is 5.97. The Kier molecular flexibility index (Phi) is 5.87. The van der Waals surface area contributed by atoms with Gasteiger partial charge in [-0.05, 0) is 55.0 Å². The van der Waals surface area contributed by atoms with Gasteiger partial charge in [-0.1, -0.05) is 0 Å². The van der Waals surface area contributed by atoms with Crippen molar-refractivity contribution >= 4 is 5.91 Å². The molecule has 0 unspecified atom stereocenters. The number of piperidine rings is 1. The van der Waals surface area contributed by atoms with Crippen LogP contribution < -0.4 is 4.74 Å². The van der Waals surface area contributed by atoms with Crippen LogP contribution in [0.2, 0.25) is 0 Å². The third-order valence-corrected chi connectivity index (χ3v) is 6.64.